The fourth-order valence-electron chi connectivity index (χ4n) is 3.19. The van der Waals surface area contributed by atoms with E-state index in [0.29, 0.717) is 13.2 Å². The summed E-state index contributed by atoms with van der Waals surface area (Å²) in [6.07, 6.45) is 3.82. The van der Waals surface area contributed by atoms with Crippen molar-refractivity contribution in [3.8, 4) is 0 Å². The Labute approximate surface area is 143 Å². The van der Waals surface area contributed by atoms with Gasteiger partial charge in [0.05, 0.1) is 24.0 Å². The van der Waals surface area contributed by atoms with Gasteiger partial charge in [-0.2, -0.15) is 0 Å². The summed E-state index contributed by atoms with van der Waals surface area (Å²) in [6.45, 7) is 5.98. The molecule has 1 amide bonds. The second-order valence-electron chi connectivity index (χ2n) is 6.49. The van der Waals surface area contributed by atoms with Crippen molar-refractivity contribution >= 4 is 5.91 Å². The lowest BCUT2D eigenvalue weighted by Gasteiger charge is -2.32. The molecule has 1 saturated heterocycles. The Balaban J connectivity index is 1.62. The summed E-state index contributed by atoms with van der Waals surface area (Å²) in [5, 5.41) is 0. The number of carbonyl (C=O) groups excluding carboxylic acids is 1. The van der Waals surface area contributed by atoms with E-state index in [4.69, 9.17) is 4.74 Å². The van der Waals surface area contributed by atoms with Gasteiger partial charge in [-0.3, -0.25) is 9.78 Å². The van der Waals surface area contributed by atoms with E-state index >= 15 is 0 Å². The van der Waals surface area contributed by atoms with Crippen molar-refractivity contribution in [2.24, 2.45) is 7.05 Å². The molecule has 0 aliphatic carbocycles. The number of amides is 1. The zero-order valence-corrected chi connectivity index (χ0v) is 14.7. The van der Waals surface area contributed by atoms with Crippen LogP contribution in [0.15, 0.2) is 30.5 Å². The molecule has 5 heteroatoms. The van der Waals surface area contributed by atoms with Gasteiger partial charge in [0.2, 0.25) is 0 Å². The van der Waals surface area contributed by atoms with E-state index < -0.39 is 0 Å². The van der Waals surface area contributed by atoms with Crippen LogP contribution in [0.1, 0.15) is 40.3 Å². The van der Waals surface area contributed by atoms with Crippen molar-refractivity contribution in [2.45, 2.75) is 39.4 Å². The van der Waals surface area contributed by atoms with Crippen LogP contribution in [0.3, 0.4) is 0 Å². The van der Waals surface area contributed by atoms with Crippen LogP contribution in [0, 0.1) is 13.8 Å². The van der Waals surface area contributed by atoms with E-state index in [1.165, 1.54) is 0 Å². The number of aromatic nitrogens is 2. The molecule has 0 N–H and O–H groups in total. The largest absolute Gasteiger partial charge is 0.370 e. The van der Waals surface area contributed by atoms with Crippen LogP contribution in [0.5, 0.6) is 0 Å². The first-order chi connectivity index (χ1) is 11.6. The van der Waals surface area contributed by atoms with Gasteiger partial charge in [-0.05, 0) is 44.9 Å². The van der Waals surface area contributed by atoms with Crippen molar-refractivity contribution in [3.05, 3.63) is 53.1 Å². The predicted molar refractivity (Wildman–Crippen MR) is 92.8 cm³/mol. The highest BCUT2D eigenvalue weighted by Gasteiger charge is 2.27. The Morgan fingerprint density at radius 2 is 2.21 bits per heavy atom. The van der Waals surface area contributed by atoms with Gasteiger partial charge < -0.3 is 14.2 Å². The molecule has 1 unspecified atom stereocenters. The van der Waals surface area contributed by atoms with Gasteiger partial charge >= 0.3 is 0 Å². The molecular formula is C19H25N3O2. The number of likely N-dealkylation sites (tertiary alicyclic amines) is 1. The van der Waals surface area contributed by atoms with E-state index in [1.54, 1.807) is 6.20 Å². The maximum Gasteiger partial charge on any atom is 0.255 e. The molecule has 1 atom stereocenters. The Bertz CT molecular complexity index is 709. The lowest BCUT2D eigenvalue weighted by molar-refractivity contribution is -0.00787. The van der Waals surface area contributed by atoms with E-state index in [0.717, 1.165) is 42.0 Å². The molecule has 1 aliphatic heterocycles. The Kier molecular flexibility index (Phi) is 5.00. The maximum atomic E-state index is 12.9. The van der Waals surface area contributed by atoms with E-state index in [2.05, 4.69) is 9.55 Å². The molecule has 0 saturated carbocycles. The molecule has 3 heterocycles. The molecule has 2 aromatic heterocycles. The third-order valence-electron chi connectivity index (χ3n) is 4.86. The Morgan fingerprint density at radius 1 is 1.38 bits per heavy atom. The highest BCUT2D eigenvalue weighted by molar-refractivity contribution is 5.95. The summed E-state index contributed by atoms with van der Waals surface area (Å²) >= 11 is 0. The molecule has 5 nitrogen and oxygen atoms in total. The molecule has 128 valence electrons. The number of hydrogen-bond donors (Lipinski definition) is 0. The molecule has 0 bridgehead atoms. The third kappa shape index (κ3) is 3.51. The topological polar surface area (TPSA) is 47.4 Å². The molecule has 1 fully saturated rings. The summed E-state index contributed by atoms with van der Waals surface area (Å²) in [5.74, 6) is 0.113. The quantitative estimate of drug-likeness (QED) is 0.867. The lowest BCUT2D eigenvalue weighted by atomic mass is 10.1. The number of rotatable bonds is 4. The minimum absolute atomic E-state index is 0.0785. The smallest absolute Gasteiger partial charge is 0.255 e. The van der Waals surface area contributed by atoms with Gasteiger partial charge in [0, 0.05) is 37.7 Å². The maximum absolute atomic E-state index is 12.9. The van der Waals surface area contributed by atoms with Gasteiger partial charge in [0.1, 0.15) is 0 Å². The molecule has 24 heavy (non-hydrogen) atoms. The normalized spacial score (nSPS) is 18.0. The lowest BCUT2D eigenvalue weighted by Crippen LogP contribution is -2.43. The summed E-state index contributed by atoms with van der Waals surface area (Å²) in [4.78, 5) is 19.1. The standard InChI is InChI=1S/C19H25N3O2/c1-14-11-18(15(2)21(14)3)19(23)22-10-6-8-17(12-22)24-13-16-7-4-5-9-20-16/h4-5,7,9,11,17H,6,8,10,12-13H2,1-3H3. The van der Waals surface area contributed by atoms with Crippen LogP contribution < -0.4 is 0 Å². The Morgan fingerprint density at radius 3 is 2.88 bits per heavy atom. The molecule has 0 aromatic carbocycles. The van der Waals surface area contributed by atoms with Crippen LogP contribution >= 0.6 is 0 Å². The van der Waals surface area contributed by atoms with Crippen LogP contribution in [0.2, 0.25) is 0 Å². The minimum Gasteiger partial charge on any atom is -0.370 e. The molecule has 2 aromatic rings. The molecule has 3 rings (SSSR count). The summed E-state index contributed by atoms with van der Waals surface area (Å²) in [7, 11) is 2.00. The number of nitrogens with zero attached hydrogens (tertiary/aromatic N) is 3. The number of carbonyl (C=O) groups is 1. The zero-order valence-electron chi connectivity index (χ0n) is 14.7. The fraction of sp³-hybridized carbons (Fsp3) is 0.474. The van der Waals surface area contributed by atoms with Crippen LogP contribution in [0.25, 0.3) is 0 Å². The second kappa shape index (κ2) is 7.18. The average molecular weight is 327 g/mol. The first kappa shape index (κ1) is 16.7. The van der Waals surface area contributed by atoms with Gasteiger partial charge in [0.15, 0.2) is 0 Å². The van der Waals surface area contributed by atoms with E-state index in [9.17, 15) is 4.79 Å². The minimum atomic E-state index is 0.0785. The Hall–Kier alpha value is -2.14. The number of ether oxygens (including phenoxy) is 1. The van der Waals surface area contributed by atoms with Crippen molar-refractivity contribution < 1.29 is 9.53 Å². The second-order valence-corrected chi connectivity index (χ2v) is 6.49. The molecule has 1 aliphatic rings. The third-order valence-corrected chi connectivity index (χ3v) is 4.86. The first-order valence-electron chi connectivity index (χ1n) is 8.50. The van der Waals surface area contributed by atoms with Gasteiger partial charge in [-0.1, -0.05) is 6.07 Å². The van der Waals surface area contributed by atoms with Gasteiger partial charge in [0.25, 0.3) is 5.91 Å². The highest BCUT2D eigenvalue weighted by Crippen LogP contribution is 2.20. The van der Waals surface area contributed by atoms with Gasteiger partial charge in [-0.15, -0.1) is 0 Å². The monoisotopic (exact) mass is 327 g/mol. The van der Waals surface area contributed by atoms with Crippen LogP contribution in [-0.2, 0) is 18.4 Å². The van der Waals surface area contributed by atoms with Crippen LogP contribution in [0.4, 0.5) is 0 Å². The van der Waals surface area contributed by atoms with Crippen LogP contribution in [-0.4, -0.2) is 39.6 Å². The van der Waals surface area contributed by atoms with E-state index in [-0.39, 0.29) is 12.0 Å². The molecule has 0 radical (unpaired) electrons. The summed E-state index contributed by atoms with van der Waals surface area (Å²) in [5.41, 5.74) is 3.86. The number of aryl methyl sites for hydroxylation is 1. The predicted octanol–water partition coefficient (Wildman–Crippen LogP) is 2.86. The number of hydrogen-bond acceptors (Lipinski definition) is 3. The first-order valence-corrected chi connectivity index (χ1v) is 8.50. The zero-order chi connectivity index (χ0) is 17.1. The van der Waals surface area contributed by atoms with Crippen molar-refractivity contribution in [1.29, 1.82) is 0 Å². The molecule has 0 spiro atoms. The number of piperidine rings is 1. The highest BCUT2D eigenvalue weighted by atomic mass is 16.5. The van der Waals surface area contributed by atoms with Crippen molar-refractivity contribution in [1.82, 2.24) is 14.5 Å². The summed E-state index contributed by atoms with van der Waals surface area (Å²) < 4.78 is 8.04. The SMILES string of the molecule is Cc1cc(C(=O)N2CCCC(OCc3ccccn3)C2)c(C)n1C. The van der Waals surface area contributed by atoms with Crippen molar-refractivity contribution in [2.75, 3.05) is 13.1 Å². The number of pyridine rings is 1. The average Bonchev–Trinajstić information content (AvgIpc) is 2.88. The van der Waals surface area contributed by atoms with Crippen molar-refractivity contribution in [3.63, 3.8) is 0 Å². The molecular weight excluding hydrogens is 302 g/mol. The summed E-state index contributed by atoms with van der Waals surface area (Å²) in [6, 6.07) is 7.80. The fourth-order valence-corrected chi connectivity index (χ4v) is 3.19. The van der Waals surface area contributed by atoms with E-state index in [1.807, 2.05) is 50.1 Å². The van der Waals surface area contributed by atoms with Gasteiger partial charge in [-0.25, -0.2) is 0 Å².